The summed E-state index contributed by atoms with van der Waals surface area (Å²) < 4.78 is 15.7. The third-order valence-corrected chi connectivity index (χ3v) is 5.73. The molecule has 0 fully saturated rings. The number of carbonyl (C=O) groups is 1. The molecule has 32 heavy (non-hydrogen) atoms. The molecular formula is C24H22FN5OS. The molecule has 0 radical (unpaired) electrons. The zero-order chi connectivity index (χ0) is 22.3. The van der Waals surface area contributed by atoms with Crippen LogP contribution in [0, 0.1) is 12.7 Å². The van der Waals surface area contributed by atoms with Crippen LogP contribution in [0.15, 0.2) is 84.0 Å². The zero-order valence-corrected chi connectivity index (χ0v) is 18.3. The number of urea groups is 1. The fraction of sp³-hybridized carbons (Fsp3) is 0.125. The Bertz CT molecular complexity index is 1190. The molecule has 0 saturated carbocycles. The second-order valence-electron chi connectivity index (χ2n) is 7.13. The van der Waals surface area contributed by atoms with Crippen LogP contribution in [0.25, 0.3) is 5.69 Å². The number of hydrogen-bond acceptors (Lipinski definition) is 4. The Morgan fingerprint density at radius 3 is 2.44 bits per heavy atom. The standard InChI is InChI=1S/C24H22FN5OS/c1-17-11-13-19(14-12-17)30-22(15-26-23(31)27-21-10-6-5-9-20(21)25)28-29-24(30)32-16-18-7-3-2-4-8-18/h2-14H,15-16H2,1H3,(H2,26,27,31). The number of thioether (sulfide) groups is 1. The minimum absolute atomic E-state index is 0.115. The average molecular weight is 448 g/mol. The maximum absolute atomic E-state index is 13.8. The van der Waals surface area contributed by atoms with Gasteiger partial charge in [-0.3, -0.25) is 4.57 Å². The molecule has 2 N–H and O–H groups in total. The average Bonchev–Trinajstić information content (AvgIpc) is 3.22. The van der Waals surface area contributed by atoms with Crippen molar-refractivity contribution in [2.24, 2.45) is 0 Å². The smallest absolute Gasteiger partial charge is 0.319 e. The van der Waals surface area contributed by atoms with Crippen molar-refractivity contribution in [3.8, 4) is 5.69 Å². The van der Waals surface area contributed by atoms with Crippen LogP contribution in [0.2, 0.25) is 0 Å². The van der Waals surface area contributed by atoms with E-state index in [1.807, 2.05) is 54.0 Å². The fourth-order valence-corrected chi connectivity index (χ4v) is 4.00. The Hall–Kier alpha value is -3.65. The van der Waals surface area contributed by atoms with Crippen molar-refractivity contribution in [2.45, 2.75) is 24.4 Å². The molecule has 0 aliphatic heterocycles. The molecule has 1 heterocycles. The molecule has 3 aromatic carbocycles. The van der Waals surface area contributed by atoms with Crippen LogP contribution in [-0.2, 0) is 12.3 Å². The second-order valence-corrected chi connectivity index (χ2v) is 8.07. The van der Waals surface area contributed by atoms with Crippen LogP contribution >= 0.6 is 11.8 Å². The van der Waals surface area contributed by atoms with Gasteiger partial charge in [-0.1, -0.05) is 71.9 Å². The molecular weight excluding hydrogens is 425 g/mol. The Morgan fingerprint density at radius 1 is 0.969 bits per heavy atom. The summed E-state index contributed by atoms with van der Waals surface area (Å²) in [5, 5.41) is 14.6. The first-order valence-electron chi connectivity index (χ1n) is 10.1. The van der Waals surface area contributed by atoms with E-state index >= 15 is 0 Å². The second kappa shape index (κ2) is 10.1. The highest BCUT2D eigenvalue weighted by atomic mass is 32.2. The third-order valence-electron chi connectivity index (χ3n) is 4.73. The summed E-state index contributed by atoms with van der Waals surface area (Å²) in [6, 6.07) is 23.6. The van der Waals surface area contributed by atoms with Gasteiger partial charge in [0.25, 0.3) is 0 Å². The molecule has 0 aliphatic carbocycles. The lowest BCUT2D eigenvalue weighted by atomic mass is 10.2. The Kier molecular flexibility index (Phi) is 6.81. The van der Waals surface area contributed by atoms with Gasteiger partial charge in [0.2, 0.25) is 0 Å². The van der Waals surface area contributed by atoms with Gasteiger partial charge in [-0.25, -0.2) is 9.18 Å². The number of nitrogens with one attached hydrogen (secondary N) is 2. The first-order valence-corrected chi connectivity index (χ1v) is 11.1. The van der Waals surface area contributed by atoms with Gasteiger partial charge in [-0.05, 0) is 36.8 Å². The molecule has 4 aromatic rings. The minimum atomic E-state index is -0.521. The number of aryl methyl sites for hydroxylation is 1. The van der Waals surface area contributed by atoms with Gasteiger partial charge in [0.05, 0.1) is 12.2 Å². The van der Waals surface area contributed by atoms with E-state index in [0.717, 1.165) is 22.2 Å². The van der Waals surface area contributed by atoms with E-state index < -0.39 is 11.8 Å². The number of aromatic nitrogens is 3. The van der Waals surface area contributed by atoms with Crippen molar-refractivity contribution in [2.75, 3.05) is 5.32 Å². The van der Waals surface area contributed by atoms with E-state index in [1.54, 1.807) is 23.9 Å². The Morgan fingerprint density at radius 2 is 1.69 bits per heavy atom. The third kappa shape index (κ3) is 5.33. The summed E-state index contributed by atoms with van der Waals surface area (Å²) >= 11 is 1.57. The lowest BCUT2D eigenvalue weighted by Gasteiger charge is -2.12. The lowest BCUT2D eigenvalue weighted by molar-refractivity contribution is 0.251. The number of rotatable bonds is 7. The maximum atomic E-state index is 13.8. The highest BCUT2D eigenvalue weighted by Crippen LogP contribution is 2.25. The predicted octanol–water partition coefficient (Wildman–Crippen LogP) is 5.33. The van der Waals surface area contributed by atoms with Gasteiger partial charge < -0.3 is 10.6 Å². The van der Waals surface area contributed by atoms with Crippen molar-refractivity contribution in [3.05, 3.63) is 102 Å². The fourth-order valence-electron chi connectivity index (χ4n) is 3.07. The molecule has 0 atom stereocenters. The Balaban J connectivity index is 1.51. The highest BCUT2D eigenvalue weighted by molar-refractivity contribution is 7.98. The predicted molar refractivity (Wildman–Crippen MR) is 124 cm³/mol. The summed E-state index contributed by atoms with van der Waals surface area (Å²) in [6.45, 7) is 2.16. The van der Waals surface area contributed by atoms with Crippen LogP contribution in [0.4, 0.5) is 14.9 Å². The number of halogens is 1. The molecule has 0 aliphatic rings. The van der Waals surface area contributed by atoms with Crippen molar-refractivity contribution in [1.82, 2.24) is 20.1 Å². The van der Waals surface area contributed by atoms with E-state index in [4.69, 9.17) is 0 Å². The number of nitrogens with zero attached hydrogens (tertiary/aromatic N) is 3. The quantitative estimate of drug-likeness (QED) is 0.376. The molecule has 0 bridgehead atoms. The first-order chi connectivity index (χ1) is 15.6. The summed E-state index contributed by atoms with van der Waals surface area (Å²) in [5.41, 5.74) is 3.34. The zero-order valence-electron chi connectivity index (χ0n) is 17.5. The van der Waals surface area contributed by atoms with Crippen molar-refractivity contribution in [3.63, 3.8) is 0 Å². The number of amides is 2. The first kappa shape index (κ1) is 21.6. The number of anilines is 1. The molecule has 2 amide bonds. The van der Waals surface area contributed by atoms with Crippen LogP contribution < -0.4 is 10.6 Å². The molecule has 162 valence electrons. The molecule has 0 saturated heterocycles. The van der Waals surface area contributed by atoms with Crippen LogP contribution in [-0.4, -0.2) is 20.8 Å². The largest absolute Gasteiger partial charge is 0.331 e. The normalized spacial score (nSPS) is 10.7. The summed E-state index contributed by atoms with van der Waals surface area (Å²) in [7, 11) is 0. The number of carbonyl (C=O) groups excluding carboxylic acids is 1. The molecule has 1 aromatic heterocycles. The Labute approximate surface area is 189 Å². The van der Waals surface area contributed by atoms with Crippen molar-refractivity contribution >= 4 is 23.5 Å². The molecule has 6 nitrogen and oxygen atoms in total. The van der Waals surface area contributed by atoms with Gasteiger partial charge in [0.1, 0.15) is 5.82 Å². The van der Waals surface area contributed by atoms with E-state index in [0.29, 0.717) is 5.82 Å². The molecule has 0 spiro atoms. The van der Waals surface area contributed by atoms with Crippen LogP contribution in [0.1, 0.15) is 17.0 Å². The SMILES string of the molecule is Cc1ccc(-n2c(CNC(=O)Nc3ccccc3F)nnc2SCc2ccccc2)cc1. The molecule has 0 unspecified atom stereocenters. The summed E-state index contributed by atoms with van der Waals surface area (Å²) in [4.78, 5) is 12.3. The van der Waals surface area contributed by atoms with Gasteiger partial charge in [0.15, 0.2) is 11.0 Å². The topological polar surface area (TPSA) is 71.8 Å². The maximum Gasteiger partial charge on any atom is 0.319 e. The lowest BCUT2D eigenvalue weighted by Crippen LogP contribution is -2.29. The minimum Gasteiger partial charge on any atom is -0.331 e. The van der Waals surface area contributed by atoms with Gasteiger partial charge >= 0.3 is 6.03 Å². The summed E-state index contributed by atoms with van der Waals surface area (Å²) in [5.74, 6) is 0.824. The van der Waals surface area contributed by atoms with E-state index in [9.17, 15) is 9.18 Å². The number of benzene rings is 3. The van der Waals surface area contributed by atoms with E-state index in [-0.39, 0.29) is 12.2 Å². The molecule has 4 rings (SSSR count). The highest BCUT2D eigenvalue weighted by Gasteiger charge is 2.16. The number of para-hydroxylation sites is 1. The van der Waals surface area contributed by atoms with Gasteiger partial charge in [-0.15, -0.1) is 10.2 Å². The van der Waals surface area contributed by atoms with Crippen LogP contribution in [0.5, 0.6) is 0 Å². The van der Waals surface area contributed by atoms with E-state index in [2.05, 4.69) is 33.0 Å². The molecule has 8 heteroatoms. The van der Waals surface area contributed by atoms with Crippen molar-refractivity contribution < 1.29 is 9.18 Å². The number of hydrogen-bond donors (Lipinski definition) is 2. The van der Waals surface area contributed by atoms with Gasteiger partial charge in [-0.2, -0.15) is 0 Å². The van der Waals surface area contributed by atoms with Crippen molar-refractivity contribution in [1.29, 1.82) is 0 Å². The van der Waals surface area contributed by atoms with E-state index in [1.165, 1.54) is 17.7 Å². The van der Waals surface area contributed by atoms with Crippen LogP contribution in [0.3, 0.4) is 0 Å². The summed E-state index contributed by atoms with van der Waals surface area (Å²) in [6.07, 6.45) is 0. The van der Waals surface area contributed by atoms with Gasteiger partial charge in [0, 0.05) is 11.4 Å². The monoisotopic (exact) mass is 447 g/mol.